The van der Waals surface area contributed by atoms with Gasteiger partial charge in [-0.1, -0.05) is 0 Å². The number of ether oxygens (including phenoxy) is 2. The molecule has 0 amide bonds. The van der Waals surface area contributed by atoms with Gasteiger partial charge in [0.15, 0.2) is 12.2 Å². The summed E-state index contributed by atoms with van der Waals surface area (Å²) in [4.78, 5) is 0. The Balaban J connectivity index is 4.27. The average molecular weight is 646 g/mol. The Morgan fingerprint density at radius 1 is 0.333 bits per heavy atom. The fraction of sp³-hybridized carbons (Fsp3) is 1.00. The first kappa shape index (κ1) is 35.3. The number of hydrogen-bond acceptors (Lipinski definition) is 2. The highest BCUT2D eigenvalue weighted by atomic mass is 19.5. The summed E-state index contributed by atoms with van der Waals surface area (Å²) < 4.78 is 319. The van der Waals surface area contributed by atoms with Crippen LogP contribution in [-0.4, -0.2) is 78.2 Å². The van der Waals surface area contributed by atoms with E-state index in [9.17, 15) is 105 Å². The van der Waals surface area contributed by atoms with Gasteiger partial charge in [-0.15, -0.1) is 0 Å². The van der Waals surface area contributed by atoms with Crippen LogP contribution in [0, 0.1) is 0 Å². The van der Waals surface area contributed by atoms with Gasteiger partial charge in [-0.3, -0.25) is 0 Å². The second-order valence-corrected chi connectivity index (χ2v) is 7.25. The molecule has 0 saturated heterocycles. The van der Waals surface area contributed by atoms with E-state index in [0.29, 0.717) is 0 Å². The van der Waals surface area contributed by atoms with Gasteiger partial charge < -0.3 is 9.47 Å². The summed E-state index contributed by atoms with van der Waals surface area (Å²) in [6.45, 7) is 0. The Hall–Kier alpha value is -1.76. The Bertz CT molecular complexity index is 748. The van der Waals surface area contributed by atoms with Crippen molar-refractivity contribution in [3.63, 3.8) is 0 Å². The molecule has 0 heterocycles. The van der Waals surface area contributed by atoms with E-state index in [1.54, 1.807) is 9.47 Å². The van der Waals surface area contributed by atoms with Crippen molar-refractivity contribution in [1.82, 2.24) is 0 Å². The van der Waals surface area contributed by atoms with Crippen molar-refractivity contribution in [1.29, 1.82) is 0 Å². The van der Waals surface area contributed by atoms with E-state index in [-0.39, 0.29) is 0 Å². The summed E-state index contributed by atoms with van der Waals surface area (Å²) in [6.07, 6.45) is -63.2. The second-order valence-electron chi connectivity index (χ2n) is 7.25. The van der Waals surface area contributed by atoms with Gasteiger partial charge in [-0.05, 0) is 0 Å². The molecule has 39 heavy (non-hydrogen) atoms. The Morgan fingerprint density at radius 2 is 0.487 bits per heavy atom. The zero-order valence-corrected chi connectivity index (χ0v) is 16.5. The molecule has 0 bridgehead atoms. The fourth-order valence-electron chi connectivity index (χ4n) is 2.98. The largest absolute Gasteiger partial charge is 0.435 e. The first-order valence-corrected chi connectivity index (χ1v) is 8.33. The van der Waals surface area contributed by atoms with Crippen molar-refractivity contribution in [3.05, 3.63) is 0 Å². The SMILES string of the molecule is FC(F)(F)C(O[C@@H]1[C@H](OC(C(F)(F)F)(C(F)(F)F)C(F)(F)F)C(F)(F)C(F)(F)C1(F)F)(C(F)(F)F)C(F)(F)F. The second kappa shape index (κ2) is 8.62. The maximum atomic E-state index is 13.9. The number of alkyl halides is 24. The van der Waals surface area contributed by atoms with E-state index >= 15 is 0 Å². The average Bonchev–Trinajstić information content (AvgIpc) is 2.65. The summed E-state index contributed by atoms with van der Waals surface area (Å²) in [7, 11) is 0. The molecule has 2 nitrogen and oxygen atoms in total. The zero-order valence-electron chi connectivity index (χ0n) is 16.5. The molecular formula is C13H2F24O2. The Labute approximate surface area is 194 Å². The molecule has 1 rings (SSSR count). The first-order valence-electron chi connectivity index (χ1n) is 8.33. The monoisotopic (exact) mass is 646 g/mol. The minimum atomic E-state index is -8.41. The van der Waals surface area contributed by atoms with Crippen LogP contribution in [-0.2, 0) is 9.47 Å². The van der Waals surface area contributed by atoms with E-state index in [4.69, 9.17) is 0 Å². The smallest absolute Gasteiger partial charge is 0.338 e. The topological polar surface area (TPSA) is 18.5 Å². The molecule has 1 fully saturated rings. The molecule has 0 aromatic carbocycles. The molecule has 0 spiro atoms. The lowest BCUT2D eigenvalue weighted by atomic mass is 9.99. The van der Waals surface area contributed by atoms with Crippen LogP contribution >= 0.6 is 0 Å². The summed E-state index contributed by atoms with van der Waals surface area (Å²) in [5, 5.41) is 0. The van der Waals surface area contributed by atoms with Crippen molar-refractivity contribution in [3.8, 4) is 0 Å². The maximum absolute atomic E-state index is 13.9. The van der Waals surface area contributed by atoms with Crippen molar-refractivity contribution < 1.29 is 115 Å². The van der Waals surface area contributed by atoms with Crippen LogP contribution < -0.4 is 0 Å². The standard InChI is InChI=1S/C13H2F24O2/c14-3(15)1(38-5(8(20,21)22,9(23,24)25)10(26,27)28)2(4(16,17)7(3,18)19)39-6(11(29,30)31,12(32,33)34)13(35,36)37/h1-2H/t1-,2+. The fourth-order valence-corrected chi connectivity index (χ4v) is 2.98. The van der Waals surface area contributed by atoms with Crippen molar-refractivity contribution in [2.45, 2.75) is 78.2 Å². The van der Waals surface area contributed by atoms with Crippen LogP contribution in [0.15, 0.2) is 0 Å². The predicted molar refractivity (Wildman–Crippen MR) is 66.4 cm³/mol. The highest BCUT2D eigenvalue weighted by Gasteiger charge is 2.95. The lowest BCUT2D eigenvalue weighted by Gasteiger charge is -2.44. The molecule has 0 aromatic rings. The van der Waals surface area contributed by atoms with Crippen LogP contribution in [0.3, 0.4) is 0 Å². The van der Waals surface area contributed by atoms with Gasteiger partial charge in [0.25, 0.3) is 0 Å². The molecule has 1 aliphatic carbocycles. The number of rotatable bonds is 4. The maximum Gasteiger partial charge on any atom is 0.435 e. The van der Waals surface area contributed by atoms with Crippen LogP contribution in [0.1, 0.15) is 0 Å². The third kappa shape index (κ3) is 4.59. The van der Waals surface area contributed by atoms with Crippen molar-refractivity contribution in [2.24, 2.45) is 0 Å². The molecule has 0 radical (unpaired) electrons. The molecule has 0 N–H and O–H groups in total. The minimum Gasteiger partial charge on any atom is -0.338 e. The Kier molecular flexibility index (Phi) is 7.80. The lowest BCUT2D eigenvalue weighted by molar-refractivity contribution is -0.492. The van der Waals surface area contributed by atoms with E-state index in [2.05, 4.69) is 0 Å². The quantitative estimate of drug-likeness (QED) is 0.295. The van der Waals surface area contributed by atoms with Gasteiger partial charge in [0.2, 0.25) is 0 Å². The molecular weight excluding hydrogens is 644 g/mol. The normalized spacial score (nSPS) is 25.2. The van der Waals surface area contributed by atoms with Crippen LogP contribution in [0.25, 0.3) is 0 Å². The molecule has 2 atom stereocenters. The van der Waals surface area contributed by atoms with Gasteiger partial charge in [0.1, 0.15) is 0 Å². The van der Waals surface area contributed by atoms with E-state index in [0.717, 1.165) is 0 Å². The van der Waals surface area contributed by atoms with E-state index < -0.39 is 78.2 Å². The van der Waals surface area contributed by atoms with Gasteiger partial charge in [-0.25, -0.2) is 0 Å². The lowest BCUT2D eigenvalue weighted by Crippen LogP contribution is -2.72. The van der Waals surface area contributed by atoms with Crippen molar-refractivity contribution in [2.75, 3.05) is 0 Å². The summed E-state index contributed by atoms with van der Waals surface area (Å²) >= 11 is 0. The third-order valence-corrected chi connectivity index (χ3v) is 4.83. The molecule has 26 heteroatoms. The predicted octanol–water partition coefficient (Wildman–Crippen LogP) is 7.53. The van der Waals surface area contributed by atoms with Gasteiger partial charge in [0, 0.05) is 0 Å². The summed E-state index contributed by atoms with van der Waals surface area (Å²) in [6, 6.07) is 0. The van der Waals surface area contributed by atoms with Crippen molar-refractivity contribution >= 4 is 0 Å². The molecule has 0 unspecified atom stereocenters. The number of halogens is 24. The van der Waals surface area contributed by atoms with Crippen LogP contribution in [0.4, 0.5) is 105 Å². The summed E-state index contributed by atoms with van der Waals surface area (Å²) in [5.74, 6) is -23.5. The van der Waals surface area contributed by atoms with Crippen LogP contribution in [0.5, 0.6) is 0 Å². The molecule has 0 aromatic heterocycles. The number of hydrogen-bond donors (Lipinski definition) is 0. The molecule has 234 valence electrons. The molecule has 0 aliphatic heterocycles. The Morgan fingerprint density at radius 3 is 0.615 bits per heavy atom. The summed E-state index contributed by atoms with van der Waals surface area (Å²) in [5.41, 5.74) is -16.8. The first-order chi connectivity index (χ1) is 16.4. The van der Waals surface area contributed by atoms with Crippen LogP contribution in [0.2, 0.25) is 0 Å². The highest BCUT2D eigenvalue weighted by Crippen LogP contribution is 2.65. The molecule has 1 saturated carbocycles. The van der Waals surface area contributed by atoms with E-state index in [1.165, 1.54) is 0 Å². The highest BCUT2D eigenvalue weighted by molar-refractivity contribution is 5.19. The van der Waals surface area contributed by atoms with Gasteiger partial charge >= 0.3 is 66.0 Å². The third-order valence-electron chi connectivity index (χ3n) is 4.83. The van der Waals surface area contributed by atoms with E-state index in [1.807, 2.05) is 0 Å². The zero-order chi connectivity index (χ0) is 32.1. The molecule has 1 aliphatic rings. The minimum absolute atomic E-state index is 1.76. The van der Waals surface area contributed by atoms with Gasteiger partial charge in [0.05, 0.1) is 0 Å². The van der Waals surface area contributed by atoms with Gasteiger partial charge in [-0.2, -0.15) is 105 Å².